The fourth-order valence-electron chi connectivity index (χ4n) is 2.49. The molecule has 0 bridgehead atoms. The van der Waals surface area contributed by atoms with Crippen LogP contribution in [0.5, 0.6) is 5.75 Å². The Hall–Kier alpha value is -2.54. The van der Waals surface area contributed by atoms with Crippen molar-refractivity contribution in [1.82, 2.24) is 5.32 Å². The third kappa shape index (κ3) is 3.93. The number of amides is 1. The highest BCUT2D eigenvalue weighted by Crippen LogP contribution is 2.30. The molecule has 2 aromatic carbocycles. The lowest BCUT2D eigenvalue weighted by Gasteiger charge is -2.23. The van der Waals surface area contributed by atoms with Gasteiger partial charge in [0.2, 0.25) is 11.6 Å². The number of hydrogen-bond acceptors (Lipinski definition) is 5. The number of phenolic OH excluding ortho intramolecular Hbond substituents is 1. The van der Waals surface area contributed by atoms with Crippen LogP contribution in [0.15, 0.2) is 59.9 Å². The predicted octanol–water partition coefficient (Wildman–Crippen LogP) is 3.58. The summed E-state index contributed by atoms with van der Waals surface area (Å²) in [5, 5.41) is 14.4. The molecular weight excluding hydrogens is 415 g/mol. The number of aromatic hydroxyl groups is 1. The smallest absolute Gasteiger partial charge is 0.276 e. The second-order valence-corrected chi connectivity index (χ2v) is 7.86. The van der Waals surface area contributed by atoms with Crippen molar-refractivity contribution in [3.63, 3.8) is 0 Å². The van der Waals surface area contributed by atoms with Gasteiger partial charge < -0.3 is 15.7 Å². The highest BCUT2D eigenvalue weighted by Gasteiger charge is 2.37. The average Bonchev–Trinajstić information content (AvgIpc) is 2.63. The Kier molecular flexibility index (Phi) is 5.15. The summed E-state index contributed by atoms with van der Waals surface area (Å²) in [6.45, 7) is 0. The summed E-state index contributed by atoms with van der Waals surface area (Å²) in [5.74, 6) is -2.17. The van der Waals surface area contributed by atoms with Crippen LogP contribution in [0, 0.1) is 0 Å². The number of Topliss-reactive ketones (excluding diaryl/α,β-unsaturated/α-hetero) is 2. The molecule has 0 radical (unpaired) electrons. The zero-order valence-electron chi connectivity index (χ0n) is 13.4. The average molecular weight is 426 g/mol. The Morgan fingerprint density at radius 1 is 0.852 bits per heavy atom. The molecule has 0 aliphatic heterocycles. The highest BCUT2D eigenvalue weighted by atomic mass is 35.6. The van der Waals surface area contributed by atoms with Gasteiger partial charge in [-0.05, 0) is 24.3 Å². The fourth-order valence-corrected chi connectivity index (χ4v) is 2.63. The topological polar surface area (TPSA) is 95.5 Å². The minimum atomic E-state index is -2.32. The number of benzene rings is 2. The maximum Gasteiger partial charge on any atom is 0.276 e. The van der Waals surface area contributed by atoms with Gasteiger partial charge in [0.05, 0.1) is 0 Å². The fraction of sp³-hybridized carbons (Fsp3) is 0.0556. The Balaban J connectivity index is 2.09. The Bertz CT molecular complexity index is 979. The van der Waals surface area contributed by atoms with Crippen molar-refractivity contribution in [1.29, 1.82) is 0 Å². The largest absolute Gasteiger partial charge is 0.508 e. The van der Waals surface area contributed by atoms with Crippen LogP contribution in [0.25, 0.3) is 0 Å². The van der Waals surface area contributed by atoms with E-state index in [9.17, 15) is 19.5 Å². The first-order valence-electron chi connectivity index (χ1n) is 7.55. The molecule has 0 fully saturated rings. The molecule has 0 spiro atoms. The second-order valence-electron chi connectivity index (χ2n) is 5.58. The van der Waals surface area contributed by atoms with Crippen molar-refractivity contribution in [2.45, 2.75) is 3.79 Å². The van der Waals surface area contributed by atoms with E-state index in [2.05, 4.69) is 10.6 Å². The second kappa shape index (κ2) is 7.23. The Morgan fingerprint density at radius 2 is 1.37 bits per heavy atom. The Morgan fingerprint density at radius 3 is 1.89 bits per heavy atom. The third-order valence-corrected chi connectivity index (χ3v) is 4.27. The lowest BCUT2D eigenvalue weighted by molar-refractivity contribution is -0.119. The molecule has 0 aromatic heterocycles. The minimum Gasteiger partial charge on any atom is -0.508 e. The first kappa shape index (κ1) is 19.2. The molecule has 2 aromatic rings. The predicted molar refractivity (Wildman–Crippen MR) is 102 cm³/mol. The van der Waals surface area contributed by atoms with Gasteiger partial charge in [0.1, 0.15) is 17.1 Å². The van der Waals surface area contributed by atoms with Gasteiger partial charge in [-0.25, -0.2) is 0 Å². The van der Waals surface area contributed by atoms with Crippen LogP contribution in [0.4, 0.5) is 5.69 Å². The number of halogens is 3. The van der Waals surface area contributed by atoms with Crippen molar-refractivity contribution in [2.24, 2.45) is 0 Å². The van der Waals surface area contributed by atoms with Crippen LogP contribution in [-0.4, -0.2) is 26.4 Å². The number of anilines is 1. The molecule has 6 nitrogen and oxygen atoms in total. The van der Waals surface area contributed by atoms with Crippen molar-refractivity contribution in [3.8, 4) is 5.75 Å². The number of hydrogen-bond donors (Lipinski definition) is 3. The molecule has 0 heterocycles. The normalized spacial score (nSPS) is 14.0. The van der Waals surface area contributed by atoms with Crippen molar-refractivity contribution < 1.29 is 19.5 Å². The standard InChI is InChI=1S/C18H11Cl3N2O4/c19-18(20,21)17(27)23-14-13(22-9-5-7-10(24)8-6-9)15(25)11-3-1-2-4-12(11)16(14)26/h1-8,22,24H,(H,23,27). The molecule has 27 heavy (non-hydrogen) atoms. The van der Waals surface area contributed by atoms with Crippen LogP contribution in [0.3, 0.4) is 0 Å². The summed E-state index contributed by atoms with van der Waals surface area (Å²) >= 11 is 16.7. The lowest BCUT2D eigenvalue weighted by atomic mass is 9.90. The molecular formula is C18H11Cl3N2O4. The van der Waals surface area contributed by atoms with E-state index >= 15 is 0 Å². The number of nitrogens with one attached hydrogen (secondary N) is 2. The molecule has 0 atom stereocenters. The third-order valence-electron chi connectivity index (χ3n) is 3.75. The maximum absolute atomic E-state index is 12.9. The van der Waals surface area contributed by atoms with Crippen LogP contribution < -0.4 is 10.6 Å². The zero-order valence-corrected chi connectivity index (χ0v) is 15.7. The monoisotopic (exact) mass is 424 g/mol. The van der Waals surface area contributed by atoms with Crippen molar-refractivity contribution >= 4 is 58.0 Å². The van der Waals surface area contributed by atoms with Gasteiger partial charge in [-0.1, -0.05) is 59.1 Å². The van der Waals surface area contributed by atoms with Gasteiger partial charge in [-0.2, -0.15) is 0 Å². The van der Waals surface area contributed by atoms with Crippen LogP contribution >= 0.6 is 34.8 Å². The van der Waals surface area contributed by atoms with Crippen molar-refractivity contribution in [3.05, 3.63) is 71.1 Å². The number of fused-ring (bicyclic) bond motifs is 1. The summed E-state index contributed by atoms with van der Waals surface area (Å²) in [6, 6.07) is 12.0. The molecule has 0 unspecified atom stereocenters. The first-order valence-corrected chi connectivity index (χ1v) is 8.69. The van der Waals surface area contributed by atoms with E-state index in [0.717, 1.165) is 0 Å². The zero-order chi connectivity index (χ0) is 19.8. The number of phenols is 1. The molecule has 1 aliphatic carbocycles. The minimum absolute atomic E-state index is 0.0238. The number of carbonyl (C=O) groups is 3. The number of alkyl halides is 3. The van der Waals surface area contributed by atoms with E-state index in [1.54, 1.807) is 12.1 Å². The summed E-state index contributed by atoms with van der Waals surface area (Å²) in [5.41, 5.74) is 0.202. The quantitative estimate of drug-likeness (QED) is 0.516. The maximum atomic E-state index is 12.9. The summed E-state index contributed by atoms with van der Waals surface area (Å²) in [4.78, 5) is 37.8. The number of allylic oxidation sites excluding steroid dienone is 2. The molecule has 0 saturated heterocycles. The number of carbonyl (C=O) groups excluding carboxylic acids is 3. The van der Waals surface area contributed by atoms with E-state index in [1.165, 1.54) is 36.4 Å². The van der Waals surface area contributed by atoms with Gasteiger partial charge in [-0.15, -0.1) is 0 Å². The summed E-state index contributed by atoms with van der Waals surface area (Å²) in [7, 11) is 0. The van der Waals surface area contributed by atoms with E-state index in [1.807, 2.05) is 0 Å². The van der Waals surface area contributed by atoms with Gasteiger partial charge >= 0.3 is 0 Å². The van der Waals surface area contributed by atoms with E-state index in [0.29, 0.717) is 5.69 Å². The van der Waals surface area contributed by atoms with E-state index in [4.69, 9.17) is 34.8 Å². The molecule has 1 aliphatic rings. The number of rotatable bonds is 3. The van der Waals surface area contributed by atoms with Crippen molar-refractivity contribution in [2.75, 3.05) is 5.32 Å². The molecule has 9 heteroatoms. The molecule has 138 valence electrons. The Labute approximate surface area is 168 Å². The van der Waals surface area contributed by atoms with Crippen LogP contribution in [-0.2, 0) is 4.79 Å². The first-order chi connectivity index (χ1) is 12.7. The summed E-state index contributed by atoms with van der Waals surface area (Å²) in [6.07, 6.45) is 0. The molecule has 0 saturated carbocycles. The molecule has 3 rings (SSSR count). The number of ketones is 2. The summed E-state index contributed by atoms with van der Waals surface area (Å²) < 4.78 is -2.32. The van der Waals surface area contributed by atoms with Gasteiger partial charge in [0.15, 0.2) is 0 Å². The van der Waals surface area contributed by atoms with Gasteiger partial charge in [0, 0.05) is 16.8 Å². The van der Waals surface area contributed by atoms with Gasteiger partial charge in [-0.3, -0.25) is 14.4 Å². The van der Waals surface area contributed by atoms with Gasteiger partial charge in [0.25, 0.3) is 9.70 Å². The van der Waals surface area contributed by atoms with E-state index in [-0.39, 0.29) is 28.3 Å². The lowest BCUT2D eigenvalue weighted by Crippen LogP contribution is -2.40. The molecule has 3 N–H and O–H groups in total. The molecule has 1 amide bonds. The SMILES string of the molecule is O=C1C(NC(=O)C(Cl)(Cl)Cl)=C(Nc2ccc(O)cc2)C(=O)c2ccccc21. The van der Waals surface area contributed by atoms with Crippen LogP contribution in [0.2, 0.25) is 0 Å². The highest BCUT2D eigenvalue weighted by molar-refractivity contribution is 6.76. The van der Waals surface area contributed by atoms with Crippen LogP contribution in [0.1, 0.15) is 20.7 Å². The van der Waals surface area contributed by atoms with E-state index < -0.39 is 21.3 Å².